The van der Waals surface area contributed by atoms with E-state index >= 15 is 0 Å². The monoisotopic (exact) mass is 375 g/mol. The third kappa shape index (κ3) is 4.68. The van der Waals surface area contributed by atoms with E-state index in [0.717, 1.165) is 12.4 Å². The van der Waals surface area contributed by atoms with Gasteiger partial charge in [-0.2, -0.15) is 0 Å². The van der Waals surface area contributed by atoms with Crippen LogP contribution in [-0.4, -0.2) is 24.0 Å². The first-order valence-electron chi connectivity index (χ1n) is 9.29. The van der Waals surface area contributed by atoms with Crippen LogP contribution in [0.15, 0.2) is 72.9 Å². The second-order valence-corrected chi connectivity index (χ2v) is 6.77. The number of methoxy groups -OCH3 is 1. The molecule has 0 aliphatic rings. The summed E-state index contributed by atoms with van der Waals surface area (Å²) < 4.78 is 5.25. The van der Waals surface area contributed by atoms with Crippen molar-refractivity contribution in [3.63, 3.8) is 0 Å². The molecule has 0 saturated carbocycles. The fourth-order valence-electron chi connectivity index (χ4n) is 2.97. The van der Waals surface area contributed by atoms with Crippen LogP contribution in [-0.2, 0) is 6.54 Å². The first-order chi connectivity index (χ1) is 13.6. The maximum absolute atomic E-state index is 12.5. The Morgan fingerprint density at radius 2 is 1.75 bits per heavy atom. The van der Waals surface area contributed by atoms with Crippen molar-refractivity contribution in [1.29, 1.82) is 0 Å². The largest absolute Gasteiger partial charge is 0.496 e. The molecule has 0 aliphatic carbocycles. The molecule has 5 heteroatoms. The lowest BCUT2D eigenvalue weighted by Crippen LogP contribution is -2.30. The highest BCUT2D eigenvalue weighted by molar-refractivity contribution is 6.06. The molecule has 144 valence electrons. The van der Waals surface area contributed by atoms with E-state index in [1.165, 1.54) is 5.56 Å². The van der Waals surface area contributed by atoms with Crippen LogP contribution in [0.2, 0.25) is 0 Å². The highest BCUT2D eigenvalue weighted by Crippen LogP contribution is 2.22. The Balaban J connectivity index is 1.73. The van der Waals surface area contributed by atoms with Gasteiger partial charge in [0.25, 0.3) is 5.91 Å². The summed E-state index contributed by atoms with van der Waals surface area (Å²) in [4.78, 5) is 19.3. The minimum Gasteiger partial charge on any atom is -0.496 e. The maximum atomic E-state index is 12.5. The van der Waals surface area contributed by atoms with E-state index < -0.39 is 0 Å². The van der Waals surface area contributed by atoms with Crippen LogP contribution in [0.25, 0.3) is 0 Å². The molecule has 0 fully saturated rings. The van der Waals surface area contributed by atoms with Crippen LogP contribution >= 0.6 is 0 Å². The van der Waals surface area contributed by atoms with Gasteiger partial charge in [0.15, 0.2) is 0 Å². The van der Waals surface area contributed by atoms with Crippen LogP contribution in [0.1, 0.15) is 29.8 Å². The third-order valence-corrected chi connectivity index (χ3v) is 4.47. The molecule has 3 aromatic rings. The van der Waals surface area contributed by atoms with E-state index in [4.69, 9.17) is 4.74 Å². The quantitative estimate of drug-likeness (QED) is 0.647. The Labute approximate surface area is 166 Å². The Hall–Kier alpha value is -3.34. The number of nitrogens with zero attached hydrogens (tertiary/aromatic N) is 2. The number of ether oxygens (including phenoxy) is 1. The van der Waals surface area contributed by atoms with E-state index in [1.807, 2.05) is 42.5 Å². The maximum Gasteiger partial charge on any atom is 0.259 e. The Morgan fingerprint density at radius 1 is 1.04 bits per heavy atom. The lowest BCUT2D eigenvalue weighted by atomic mass is 10.2. The molecule has 1 N–H and O–H groups in total. The van der Waals surface area contributed by atoms with Gasteiger partial charge in [-0.05, 0) is 43.7 Å². The van der Waals surface area contributed by atoms with Gasteiger partial charge in [0.2, 0.25) is 0 Å². The molecule has 1 heterocycles. The molecule has 0 saturated heterocycles. The Morgan fingerprint density at radius 3 is 2.39 bits per heavy atom. The number of amides is 1. The Bertz CT molecular complexity index is 909. The van der Waals surface area contributed by atoms with Crippen molar-refractivity contribution in [1.82, 2.24) is 4.98 Å². The fourth-order valence-corrected chi connectivity index (χ4v) is 2.97. The van der Waals surface area contributed by atoms with Crippen molar-refractivity contribution in [2.75, 3.05) is 17.3 Å². The van der Waals surface area contributed by atoms with E-state index in [1.54, 1.807) is 25.4 Å². The van der Waals surface area contributed by atoms with Gasteiger partial charge >= 0.3 is 0 Å². The molecule has 0 atom stereocenters. The zero-order valence-corrected chi connectivity index (χ0v) is 16.4. The summed E-state index contributed by atoms with van der Waals surface area (Å²) in [5.41, 5.74) is 2.36. The number of pyridine rings is 1. The number of hydrogen-bond donors (Lipinski definition) is 1. The van der Waals surface area contributed by atoms with Crippen molar-refractivity contribution in [3.05, 3.63) is 84.1 Å². The zero-order valence-electron chi connectivity index (χ0n) is 16.4. The lowest BCUT2D eigenvalue weighted by molar-refractivity contribution is 0.102. The predicted octanol–water partition coefficient (Wildman–Crippen LogP) is 4.76. The first kappa shape index (κ1) is 19.4. The minimum absolute atomic E-state index is 0.225. The normalized spacial score (nSPS) is 10.6. The van der Waals surface area contributed by atoms with Crippen LogP contribution < -0.4 is 15.0 Å². The van der Waals surface area contributed by atoms with Gasteiger partial charge < -0.3 is 15.0 Å². The van der Waals surface area contributed by atoms with Gasteiger partial charge in [0, 0.05) is 12.6 Å². The van der Waals surface area contributed by atoms with E-state index in [2.05, 4.69) is 41.2 Å². The molecular formula is C23H25N3O2. The number of carbonyl (C=O) groups excluding carboxylic acids is 1. The summed E-state index contributed by atoms with van der Waals surface area (Å²) in [5.74, 6) is 1.18. The molecule has 28 heavy (non-hydrogen) atoms. The third-order valence-electron chi connectivity index (χ3n) is 4.47. The summed E-state index contributed by atoms with van der Waals surface area (Å²) >= 11 is 0. The number of nitrogens with one attached hydrogen (secondary N) is 1. The van der Waals surface area contributed by atoms with Crippen molar-refractivity contribution < 1.29 is 9.53 Å². The number of benzene rings is 2. The summed E-state index contributed by atoms with van der Waals surface area (Å²) in [6, 6.07) is 21.5. The number of para-hydroxylation sites is 1. The van der Waals surface area contributed by atoms with Crippen LogP contribution in [0.4, 0.5) is 11.5 Å². The van der Waals surface area contributed by atoms with Crippen LogP contribution in [0.5, 0.6) is 5.75 Å². The number of hydrogen-bond acceptors (Lipinski definition) is 4. The van der Waals surface area contributed by atoms with Gasteiger partial charge in [-0.1, -0.05) is 42.5 Å². The highest BCUT2D eigenvalue weighted by Gasteiger charge is 2.14. The van der Waals surface area contributed by atoms with E-state index in [9.17, 15) is 4.79 Å². The number of anilines is 2. The second-order valence-electron chi connectivity index (χ2n) is 6.77. The lowest BCUT2D eigenvalue weighted by Gasteiger charge is -2.28. The average molecular weight is 375 g/mol. The zero-order chi connectivity index (χ0) is 19.9. The van der Waals surface area contributed by atoms with Crippen molar-refractivity contribution in [2.24, 2.45) is 0 Å². The van der Waals surface area contributed by atoms with Crippen LogP contribution in [0.3, 0.4) is 0 Å². The van der Waals surface area contributed by atoms with Crippen LogP contribution in [0, 0.1) is 0 Å². The summed E-state index contributed by atoms with van der Waals surface area (Å²) in [5, 5.41) is 2.88. The molecule has 1 amide bonds. The molecule has 0 spiro atoms. The van der Waals surface area contributed by atoms with Crippen molar-refractivity contribution in [3.8, 4) is 5.75 Å². The topological polar surface area (TPSA) is 54.5 Å². The SMILES string of the molecule is COc1ccccc1C(=O)Nc1ccc(N(Cc2ccccc2)C(C)C)nc1. The van der Waals surface area contributed by atoms with E-state index in [-0.39, 0.29) is 5.91 Å². The molecule has 0 aliphatic heterocycles. The molecule has 0 radical (unpaired) electrons. The number of rotatable bonds is 7. The minimum atomic E-state index is -0.225. The van der Waals surface area contributed by atoms with Gasteiger partial charge in [0.05, 0.1) is 24.6 Å². The summed E-state index contributed by atoms with van der Waals surface area (Å²) in [7, 11) is 1.55. The van der Waals surface area contributed by atoms with Crippen molar-refractivity contribution >= 4 is 17.4 Å². The fraction of sp³-hybridized carbons (Fsp3) is 0.217. The van der Waals surface area contributed by atoms with Gasteiger partial charge in [-0.15, -0.1) is 0 Å². The van der Waals surface area contributed by atoms with Gasteiger partial charge in [-0.25, -0.2) is 4.98 Å². The highest BCUT2D eigenvalue weighted by atomic mass is 16.5. The average Bonchev–Trinajstić information content (AvgIpc) is 2.73. The molecule has 0 bridgehead atoms. The molecule has 5 nitrogen and oxygen atoms in total. The van der Waals surface area contributed by atoms with Gasteiger partial charge in [-0.3, -0.25) is 4.79 Å². The summed E-state index contributed by atoms with van der Waals surface area (Å²) in [6.07, 6.45) is 1.68. The molecule has 1 aromatic heterocycles. The second kappa shape index (κ2) is 9.04. The Kier molecular flexibility index (Phi) is 6.27. The van der Waals surface area contributed by atoms with E-state index in [0.29, 0.717) is 23.0 Å². The molecule has 3 rings (SSSR count). The predicted molar refractivity (Wildman–Crippen MR) is 113 cm³/mol. The molecule has 0 unspecified atom stereocenters. The molecule has 2 aromatic carbocycles. The smallest absolute Gasteiger partial charge is 0.259 e. The first-order valence-corrected chi connectivity index (χ1v) is 9.29. The van der Waals surface area contributed by atoms with Gasteiger partial charge in [0.1, 0.15) is 11.6 Å². The molecular weight excluding hydrogens is 350 g/mol. The standard InChI is InChI=1S/C23H25N3O2/c1-17(2)26(16-18-9-5-4-6-10-18)22-14-13-19(15-24-22)25-23(27)20-11-7-8-12-21(20)28-3/h4-15,17H,16H2,1-3H3,(H,25,27). The number of carbonyl (C=O) groups is 1. The summed E-state index contributed by atoms with van der Waals surface area (Å²) in [6.45, 7) is 5.06. The number of aromatic nitrogens is 1. The van der Waals surface area contributed by atoms with Crippen molar-refractivity contribution in [2.45, 2.75) is 26.4 Å².